The van der Waals surface area contributed by atoms with Crippen molar-refractivity contribution < 1.29 is 18.9 Å². The molecule has 0 radical (unpaired) electrons. The van der Waals surface area contributed by atoms with Crippen LogP contribution in [0.4, 0.5) is 0 Å². The summed E-state index contributed by atoms with van der Waals surface area (Å²) >= 11 is 0. The topological polar surface area (TPSA) is 36.9 Å². The van der Waals surface area contributed by atoms with Crippen molar-refractivity contribution in [3.8, 4) is 0 Å². The number of hydrogen-bond acceptors (Lipinski definition) is 4. The fraction of sp³-hybridized carbons (Fsp3) is 0.500. The second-order valence-corrected chi connectivity index (χ2v) is 5.15. The molecule has 2 saturated heterocycles. The third kappa shape index (κ3) is 2.65. The maximum Gasteiger partial charge on any atom is 0.185 e. The van der Waals surface area contributed by atoms with Crippen molar-refractivity contribution in [2.45, 2.75) is 43.7 Å². The van der Waals surface area contributed by atoms with Gasteiger partial charge in [-0.25, -0.2) is 0 Å². The second kappa shape index (κ2) is 6.06. The third-order valence-corrected chi connectivity index (χ3v) is 3.88. The molecule has 2 heterocycles. The van der Waals surface area contributed by atoms with E-state index < -0.39 is 0 Å². The van der Waals surface area contributed by atoms with Crippen molar-refractivity contribution in [3.63, 3.8) is 0 Å². The maximum absolute atomic E-state index is 6.03. The predicted octanol–water partition coefficient (Wildman–Crippen LogP) is 2.29. The largest absolute Gasteiger partial charge is 0.376 e. The first kappa shape index (κ1) is 13.8. The summed E-state index contributed by atoms with van der Waals surface area (Å²) < 4.78 is 23.1. The number of rotatable bonds is 5. The molecule has 4 nitrogen and oxygen atoms in total. The van der Waals surface area contributed by atoms with Crippen LogP contribution in [0, 0.1) is 0 Å². The van der Waals surface area contributed by atoms with Crippen molar-refractivity contribution >= 4 is 0 Å². The van der Waals surface area contributed by atoms with Crippen molar-refractivity contribution in [2.75, 3.05) is 7.11 Å². The van der Waals surface area contributed by atoms with Gasteiger partial charge in [0.15, 0.2) is 6.29 Å². The molecule has 0 aromatic heterocycles. The molecule has 4 heteroatoms. The van der Waals surface area contributed by atoms with E-state index in [1.165, 1.54) is 0 Å². The van der Waals surface area contributed by atoms with Gasteiger partial charge in [0.25, 0.3) is 0 Å². The molecule has 0 spiro atoms. The molecule has 2 fully saturated rings. The summed E-state index contributed by atoms with van der Waals surface area (Å²) in [5, 5.41) is 0. The summed E-state index contributed by atoms with van der Waals surface area (Å²) in [4.78, 5) is 0. The lowest BCUT2D eigenvalue weighted by Gasteiger charge is -2.33. The summed E-state index contributed by atoms with van der Waals surface area (Å²) in [6.07, 6.45) is 1.92. The summed E-state index contributed by atoms with van der Waals surface area (Å²) in [6, 6.07) is 10.1. The number of hydrogen-bond donors (Lipinski definition) is 0. The standard InChI is InChI=1S/C16H20O4/c1-3-12-15-13(9-14(17-2)16(19-12)20-15)18-10-11-7-5-4-6-8-11/h3-8,12-16H,1,9-10H2,2H3/t12-,13-,14+,15+,16?/m0/s1. The van der Waals surface area contributed by atoms with E-state index in [9.17, 15) is 0 Å². The quantitative estimate of drug-likeness (QED) is 0.773. The van der Waals surface area contributed by atoms with Gasteiger partial charge < -0.3 is 18.9 Å². The second-order valence-electron chi connectivity index (χ2n) is 5.15. The highest BCUT2D eigenvalue weighted by atomic mass is 16.8. The minimum absolute atomic E-state index is 0.0399. The molecule has 5 atom stereocenters. The molecule has 108 valence electrons. The first-order valence-corrected chi connectivity index (χ1v) is 6.93. The molecule has 1 aromatic carbocycles. The Balaban J connectivity index is 1.66. The molecule has 1 unspecified atom stereocenters. The highest BCUT2D eigenvalue weighted by Crippen LogP contribution is 2.35. The van der Waals surface area contributed by atoms with Crippen LogP contribution in [0.15, 0.2) is 43.0 Å². The lowest BCUT2D eigenvalue weighted by molar-refractivity contribution is -0.201. The van der Waals surface area contributed by atoms with Crippen LogP contribution in [0.2, 0.25) is 0 Å². The number of benzene rings is 1. The van der Waals surface area contributed by atoms with Crippen LogP contribution in [0.3, 0.4) is 0 Å². The van der Waals surface area contributed by atoms with E-state index in [4.69, 9.17) is 18.9 Å². The summed E-state index contributed by atoms with van der Waals surface area (Å²) in [5.74, 6) is 0. The zero-order valence-corrected chi connectivity index (χ0v) is 11.6. The van der Waals surface area contributed by atoms with Crippen LogP contribution in [-0.4, -0.2) is 37.8 Å². The molecular formula is C16H20O4. The lowest BCUT2D eigenvalue weighted by Crippen LogP contribution is -2.45. The first-order valence-electron chi connectivity index (χ1n) is 6.93. The maximum atomic E-state index is 6.03. The summed E-state index contributed by atoms with van der Waals surface area (Å²) in [5.41, 5.74) is 1.15. The predicted molar refractivity (Wildman–Crippen MR) is 74.2 cm³/mol. The van der Waals surface area contributed by atoms with Crippen molar-refractivity contribution in [1.29, 1.82) is 0 Å². The van der Waals surface area contributed by atoms with Crippen LogP contribution in [0.5, 0.6) is 0 Å². The van der Waals surface area contributed by atoms with E-state index in [1.807, 2.05) is 18.2 Å². The molecule has 0 amide bonds. The SMILES string of the molecule is C=C[C@@H]1OC2O[C@H]1[C@@H](OCc1ccccc1)C[C@H]2OC. The minimum Gasteiger partial charge on any atom is -0.376 e. The van der Waals surface area contributed by atoms with Gasteiger partial charge in [-0.1, -0.05) is 36.4 Å². The van der Waals surface area contributed by atoms with E-state index in [0.29, 0.717) is 6.61 Å². The molecule has 20 heavy (non-hydrogen) atoms. The Hall–Kier alpha value is -1.20. The van der Waals surface area contributed by atoms with Crippen molar-refractivity contribution in [3.05, 3.63) is 48.6 Å². The molecule has 2 bridgehead atoms. The molecule has 2 aliphatic heterocycles. The summed E-state index contributed by atoms with van der Waals surface area (Å²) in [7, 11) is 1.67. The zero-order valence-electron chi connectivity index (χ0n) is 11.6. The first-order chi connectivity index (χ1) is 9.81. The van der Waals surface area contributed by atoms with Gasteiger partial charge in [-0.3, -0.25) is 0 Å². The zero-order chi connectivity index (χ0) is 13.9. The van der Waals surface area contributed by atoms with Crippen molar-refractivity contribution in [1.82, 2.24) is 0 Å². The van der Waals surface area contributed by atoms with Gasteiger partial charge in [0, 0.05) is 13.5 Å². The van der Waals surface area contributed by atoms with Gasteiger partial charge in [-0.05, 0) is 5.56 Å². The third-order valence-electron chi connectivity index (χ3n) is 3.88. The van der Waals surface area contributed by atoms with Crippen LogP contribution in [0.25, 0.3) is 0 Å². The molecule has 1 aromatic rings. The van der Waals surface area contributed by atoms with Gasteiger partial charge in [-0.2, -0.15) is 0 Å². The van der Waals surface area contributed by atoms with Crippen LogP contribution in [0.1, 0.15) is 12.0 Å². The normalized spacial score (nSPS) is 36.0. The van der Waals surface area contributed by atoms with Gasteiger partial charge in [-0.15, -0.1) is 6.58 Å². The molecule has 2 aliphatic rings. The fourth-order valence-corrected chi connectivity index (χ4v) is 2.78. The molecule has 0 saturated carbocycles. The Bertz CT molecular complexity index is 447. The summed E-state index contributed by atoms with van der Waals surface area (Å²) in [6.45, 7) is 4.37. The highest BCUT2D eigenvalue weighted by Gasteiger charge is 2.49. The van der Waals surface area contributed by atoms with E-state index >= 15 is 0 Å². The Morgan fingerprint density at radius 1 is 1.25 bits per heavy atom. The van der Waals surface area contributed by atoms with Gasteiger partial charge in [0.05, 0.1) is 12.7 Å². The van der Waals surface area contributed by atoms with Gasteiger partial charge in [0.2, 0.25) is 0 Å². The monoisotopic (exact) mass is 276 g/mol. The van der Waals surface area contributed by atoms with Gasteiger partial charge >= 0.3 is 0 Å². The Kier molecular flexibility index (Phi) is 4.17. The number of fused-ring (bicyclic) bond motifs is 2. The van der Waals surface area contributed by atoms with E-state index in [2.05, 4.69) is 18.7 Å². The minimum atomic E-state index is -0.301. The smallest absolute Gasteiger partial charge is 0.185 e. The highest BCUT2D eigenvalue weighted by molar-refractivity contribution is 5.13. The Labute approximate surface area is 119 Å². The molecular weight excluding hydrogens is 256 g/mol. The molecule has 3 rings (SSSR count). The van der Waals surface area contributed by atoms with Crippen LogP contribution >= 0.6 is 0 Å². The fourth-order valence-electron chi connectivity index (χ4n) is 2.78. The van der Waals surface area contributed by atoms with E-state index in [1.54, 1.807) is 13.2 Å². The van der Waals surface area contributed by atoms with E-state index in [0.717, 1.165) is 12.0 Å². The number of methoxy groups -OCH3 is 1. The average molecular weight is 276 g/mol. The van der Waals surface area contributed by atoms with E-state index in [-0.39, 0.29) is 30.7 Å². The molecule has 0 aliphatic carbocycles. The lowest BCUT2D eigenvalue weighted by atomic mass is 10.0. The number of ether oxygens (including phenoxy) is 4. The Morgan fingerprint density at radius 3 is 2.75 bits per heavy atom. The Morgan fingerprint density at radius 2 is 2.05 bits per heavy atom. The molecule has 0 N–H and O–H groups in total. The van der Waals surface area contributed by atoms with Crippen LogP contribution in [-0.2, 0) is 25.6 Å². The van der Waals surface area contributed by atoms with Crippen LogP contribution < -0.4 is 0 Å². The van der Waals surface area contributed by atoms with Crippen molar-refractivity contribution in [2.24, 2.45) is 0 Å². The van der Waals surface area contributed by atoms with Gasteiger partial charge in [0.1, 0.15) is 18.3 Å². The average Bonchev–Trinajstić information content (AvgIpc) is 2.87.